The zero-order chi connectivity index (χ0) is 14.8. The van der Waals surface area contributed by atoms with E-state index in [4.69, 9.17) is 11.6 Å². The molecule has 0 aliphatic rings. The Morgan fingerprint density at radius 3 is 2.65 bits per heavy atom. The Balaban J connectivity index is 2.36. The van der Waals surface area contributed by atoms with Crippen molar-refractivity contribution in [3.63, 3.8) is 0 Å². The Morgan fingerprint density at radius 2 is 2.10 bits per heavy atom. The zero-order valence-electron chi connectivity index (χ0n) is 11.7. The fourth-order valence-corrected chi connectivity index (χ4v) is 1.91. The summed E-state index contributed by atoms with van der Waals surface area (Å²) in [7, 11) is 0. The summed E-state index contributed by atoms with van der Waals surface area (Å²) in [6.07, 6.45) is 4.94. The third-order valence-electron chi connectivity index (χ3n) is 2.56. The molecule has 7 nitrogen and oxygen atoms in total. The van der Waals surface area contributed by atoms with Crippen LogP contribution in [0.2, 0.25) is 5.28 Å². The molecule has 20 heavy (non-hydrogen) atoms. The van der Waals surface area contributed by atoms with Crippen molar-refractivity contribution in [2.75, 3.05) is 18.0 Å². The summed E-state index contributed by atoms with van der Waals surface area (Å²) < 4.78 is 1.65. The van der Waals surface area contributed by atoms with Crippen molar-refractivity contribution in [3.05, 3.63) is 24.0 Å². The number of nitrogens with zero attached hydrogens (tertiary/aromatic N) is 6. The van der Waals surface area contributed by atoms with Gasteiger partial charge in [0.05, 0.1) is 5.60 Å². The number of aromatic nitrogens is 5. The molecule has 0 radical (unpaired) electrons. The smallest absolute Gasteiger partial charge is 0.241 e. The van der Waals surface area contributed by atoms with Gasteiger partial charge in [-0.05, 0) is 32.4 Å². The predicted molar refractivity (Wildman–Crippen MR) is 76.1 cm³/mol. The number of aliphatic hydroxyl groups is 1. The molecule has 0 aliphatic heterocycles. The minimum atomic E-state index is -0.857. The van der Waals surface area contributed by atoms with Crippen LogP contribution in [0.25, 0.3) is 5.95 Å². The van der Waals surface area contributed by atoms with E-state index < -0.39 is 5.60 Å². The topological polar surface area (TPSA) is 80.0 Å². The molecular weight excluding hydrogens is 280 g/mol. The van der Waals surface area contributed by atoms with Gasteiger partial charge in [0.25, 0.3) is 0 Å². The van der Waals surface area contributed by atoms with Crippen LogP contribution in [0, 0.1) is 0 Å². The fraction of sp³-hybridized carbons (Fsp3) is 0.500. The molecule has 0 fully saturated rings. The van der Waals surface area contributed by atoms with Crippen LogP contribution in [-0.2, 0) is 0 Å². The SMILES string of the molecule is CCN(CC(C)(C)O)c1nc(Cl)nc(-n2ccnc2)n1. The van der Waals surface area contributed by atoms with Gasteiger partial charge in [0.1, 0.15) is 6.33 Å². The molecule has 0 spiro atoms. The van der Waals surface area contributed by atoms with Crippen LogP contribution >= 0.6 is 11.6 Å². The van der Waals surface area contributed by atoms with Crippen molar-refractivity contribution < 1.29 is 5.11 Å². The van der Waals surface area contributed by atoms with E-state index in [0.29, 0.717) is 25.0 Å². The lowest BCUT2D eigenvalue weighted by atomic mass is 10.1. The highest BCUT2D eigenvalue weighted by molar-refractivity contribution is 6.28. The molecule has 0 unspecified atom stereocenters. The number of halogens is 1. The number of anilines is 1. The molecule has 0 bridgehead atoms. The van der Waals surface area contributed by atoms with Gasteiger partial charge in [-0.25, -0.2) is 4.98 Å². The minimum absolute atomic E-state index is 0.105. The van der Waals surface area contributed by atoms with Gasteiger partial charge in [-0.3, -0.25) is 4.57 Å². The van der Waals surface area contributed by atoms with Crippen molar-refractivity contribution in [2.24, 2.45) is 0 Å². The highest BCUT2D eigenvalue weighted by atomic mass is 35.5. The van der Waals surface area contributed by atoms with E-state index in [-0.39, 0.29) is 5.28 Å². The van der Waals surface area contributed by atoms with E-state index in [2.05, 4.69) is 19.9 Å². The molecule has 0 atom stereocenters. The maximum absolute atomic E-state index is 9.94. The highest BCUT2D eigenvalue weighted by Crippen LogP contribution is 2.16. The molecule has 2 heterocycles. The van der Waals surface area contributed by atoms with E-state index in [1.54, 1.807) is 37.1 Å². The molecule has 0 aromatic carbocycles. The summed E-state index contributed by atoms with van der Waals surface area (Å²) in [5.41, 5.74) is -0.857. The van der Waals surface area contributed by atoms with Crippen molar-refractivity contribution in [2.45, 2.75) is 26.4 Å². The number of hydrogen-bond acceptors (Lipinski definition) is 6. The average Bonchev–Trinajstić information content (AvgIpc) is 2.88. The largest absolute Gasteiger partial charge is 0.389 e. The van der Waals surface area contributed by atoms with Gasteiger partial charge < -0.3 is 10.0 Å². The van der Waals surface area contributed by atoms with Gasteiger partial charge in [0.15, 0.2) is 0 Å². The van der Waals surface area contributed by atoms with Crippen molar-refractivity contribution in [1.82, 2.24) is 24.5 Å². The highest BCUT2D eigenvalue weighted by Gasteiger charge is 2.20. The number of rotatable bonds is 5. The van der Waals surface area contributed by atoms with E-state index in [1.165, 1.54) is 0 Å². The molecule has 0 saturated carbocycles. The molecule has 2 aromatic heterocycles. The Labute approximate surface area is 122 Å². The average molecular weight is 297 g/mol. The molecule has 0 aliphatic carbocycles. The lowest BCUT2D eigenvalue weighted by Gasteiger charge is -2.28. The van der Waals surface area contributed by atoms with Crippen molar-refractivity contribution in [3.8, 4) is 5.95 Å². The van der Waals surface area contributed by atoms with Crippen LogP contribution in [0.5, 0.6) is 0 Å². The van der Waals surface area contributed by atoms with Crippen LogP contribution in [0.1, 0.15) is 20.8 Å². The first kappa shape index (κ1) is 14.7. The summed E-state index contributed by atoms with van der Waals surface area (Å²) >= 11 is 5.95. The Hall–Kier alpha value is -1.73. The molecule has 2 aromatic rings. The Morgan fingerprint density at radius 1 is 1.35 bits per heavy atom. The molecule has 2 rings (SSSR count). The fourth-order valence-electron chi connectivity index (χ4n) is 1.75. The second-order valence-corrected chi connectivity index (χ2v) is 5.34. The van der Waals surface area contributed by atoms with E-state index in [0.717, 1.165) is 0 Å². The van der Waals surface area contributed by atoms with Crippen molar-refractivity contribution in [1.29, 1.82) is 0 Å². The van der Waals surface area contributed by atoms with Crippen molar-refractivity contribution >= 4 is 17.5 Å². The first-order valence-electron chi connectivity index (χ1n) is 6.26. The first-order valence-corrected chi connectivity index (χ1v) is 6.64. The molecule has 0 amide bonds. The van der Waals surface area contributed by atoms with Crippen LogP contribution in [0.3, 0.4) is 0 Å². The maximum atomic E-state index is 9.94. The summed E-state index contributed by atoms with van der Waals surface area (Å²) in [6, 6.07) is 0. The normalized spacial score (nSPS) is 11.7. The number of imidazole rings is 1. The maximum Gasteiger partial charge on any atom is 0.241 e. The van der Waals surface area contributed by atoms with Gasteiger partial charge in [0.2, 0.25) is 17.2 Å². The summed E-state index contributed by atoms with van der Waals surface area (Å²) in [6.45, 7) is 6.46. The quantitative estimate of drug-likeness (QED) is 0.896. The van der Waals surface area contributed by atoms with Gasteiger partial charge in [-0.15, -0.1) is 0 Å². The van der Waals surface area contributed by atoms with Crippen LogP contribution < -0.4 is 4.90 Å². The van der Waals surface area contributed by atoms with E-state index in [1.807, 2.05) is 11.8 Å². The second kappa shape index (κ2) is 5.72. The Kier molecular flexibility index (Phi) is 4.20. The van der Waals surface area contributed by atoms with Gasteiger partial charge in [-0.1, -0.05) is 0 Å². The predicted octanol–water partition coefficient (Wildman–Crippen LogP) is 1.31. The van der Waals surface area contributed by atoms with Gasteiger partial charge in [-0.2, -0.15) is 15.0 Å². The third kappa shape index (κ3) is 3.64. The Bertz CT molecular complexity index is 566. The summed E-state index contributed by atoms with van der Waals surface area (Å²) in [5, 5.41) is 10.0. The monoisotopic (exact) mass is 296 g/mol. The standard InChI is InChI=1S/C12H17ClN6O/c1-4-18(7-12(2,3)20)10-15-9(13)16-11(17-10)19-6-5-14-8-19/h5-6,8,20H,4,7H2,1-3H3. The van der Waals surface area contributed by atoms with Crippen LogP contribution in [0.15, 0.2) is 18.7 Å². The first-order chi connectivity index (χ1) is 9.39. The van der Waals surface area contributed by atoms with E-state index >= 15 is 0 Å². The van der Waals surface area contributed by atoms with E-state index in [9.17, 15) is 5.11 Å². The van der Waals surface area contributed by atoms with Gasteiger partial charge in [0, 0.05) is 25.5 Å². The van der Waals surface area contributed by atoms with Crippen LogP contribution in [-0.4, -0.2) is 48.3 Å². The molecular formula is C12H17ClN6O. The summed E-state index contributed by atoms with van der Waals surface area (Å²) in [4.78, 5) is 18.3. The van der Waals surface area contributed by atoms with Gasteiger partial charge >= 0.3 is 0 Å². The molecule has 0 saturated heterocycles. The number of likely N-dealkylation sites (N-methyl/N-ethyl adjacent to an activating group) is 1. The summed E-state index contributed by atoms with van der Waals surface area (Å²) in [5.74, 6) is 0.824. The molecule has 108 valence electrons. The zero-order valence-corrected chi connectivity index (χ0v) is 12.4. The lowest BCUT2D eigenvalue weighted by Crippen LogP contribution is -2.39. The number of hydrogen-bond donors (Lipinski definition) is 1. The minimum Gasteiger partial charge on any atom is -0.389 e. The third-order valence-corrected chi connectivity index (χ3v) is 2.73. The lowest BCUT2D eigenvalue weighted by molar-refractivity contribution is 0.0872. The second-order valence-electron chi connectivity index (χ2n) is 5.00. The molecule has 8 heteroatoms. The van der Waals surface area contributed by atoms with Crippen LogP contribution in [0.4, 0.5) is 5.95 Å². The molecule has 1 N–H and O–H groups in total.